The highest BCUT2D eigenvalue weighted by Crippen LogP contribution is 2.32. The van der Waals surface area contributed by atoms with E-state index in [1.807, 2.05) is 11.4 Å². The Balaban J connectivity index is 2.47. The molecule has 1 aromatic carbocycles. The molecule has 1 N–H and O–H groups in total. The topological polar surface area (TPSA) is 37.3 Å². The van der Waals surface area contributed by atoms with Gasteiger partial charge in [0.2, 0.25) is 0 Å². The minimum Gasteiger partial charge on any atom is -0.481 e. The number of halogens is 2. The van der Waals surface area contributed by atoms with E-state index in [0.29, 0.717) is 6.07 Å². The van der Waals surface area contributed by atoms with E-state index in [4.69, 9.17) is 0 Å². The molecular weight excluding hydrogens is 270 g/mol. The fraction of sp³-hybridized carbons (Fsp3) is 0.214. The van der Waals surface area contributed by atoms with Gasteiger partial charge >= 0.3 is 5.97 Å². The Morgan fingerprint density at radius 3 is 2.63 bits per heavy atom. The van der Waals surface area contributed by atoms with Crippen molar-refractivity contribution in [2.45, 2.75) is 18.8 Å². The minimum absolute atomic E-state index is 0.00481. The lowest BCUT2D eigenvalue weighted by Crippen LogP contribution is -2.35. The number of hydrogen-bond donors (Lipinski definition) is 1. The third-order valence-corrected chi connectivity index (χ3v) is 3.98. The first-order chi connectivity index (χ1) is 8.93. The summed E-state index contributed by atoms with van der Waals surface area (Å²) in [4.78, 5) is 12.4. The lowest BCUT2D eigenvalue weighted by atomic mass is 9.79. The zero-order valence-electron chi connectivity index (χ0n) is 10.2. The third-order valence-electron chi connectivity index (χ3n) is 3.11. The van der Waals surface area contributed by atoms with Crippen LogP contribution in [0.2, 0.25) is 0 Å². The summed E-state index contributed by atoms with van der Waals surface area (Å²) in [6.07, 6.45) is 0.169. The number of carboxylic acids is 1. The van der Waals surface area contributed by atoms with Crippen LogP contribution < -0.4 is 0 Å². The van der Waals surface area contributed by atoms with E-state index in [1.54, 1.807) is 6.07 Å². The zero-order valence-corrected chi connectivity index (χ0v) is 11.0. The van der Waals surface area contributed by atoms with Crippen LogP contribution >= 0.6 is 11.3 Å². The van der Waals surface area contributed by atoms with Gasteiger partial charge in [-0.05, 0) is 24.4 Å². The normalized spacial score (nSPS) is 14.1. The molecule has 0 aliphatic rings. The van der Waals surface area contributed by atoms with E-state index in [9.17, 15) is 18.7 Å². The van der Waals surface area contributed by atoms with Crippen LogP contribution in [0.4, 0.5) is 8.78 Å². The molecule has 2 nitrogen and oxygen atoms in total. The van der Waals surface area contributed by atoms with E-state index in [1.165, 1.54) is 24.3 Å². The Morgan fingerprint density at radius 2 is 2.11 bits per heavy atom. The highest BCUT2D eigenvalue weighted by Gasteiger charge is 2.38. The largest absolute Gasteiger partial charge is 0.481 e. The summed E-state index contributed by atoms with van der Waals surface area (Å²) in [5, 5.41) is 11.3. The Kier molecular flexibility index (Phi) is 3.66. The molecule has 1 unspecified atom stereocenters. The fourth-order valence-corrected chi connectivity index (χ4v) is 2.85. The molecule has 0 bridgehead atoms. The molecule has 2 aromatic rings. The molecule has 0 radical (unpaired) electrons. The molecule has 19 heavy (non-hydrogen) atoms. The van der Waals surface area contributed by atoms with Crippen molar-refractivity contribution in [1.82, 2.24) is 0 Å². The van der Waals surface area contributed by atoms with Crippen molar-refractivity contribution in [1.29, 1.82) is 0 Å². The van der Waals surface area contributed by atoms with Crippen molar-refractivity contribution in [3.05, 3.63) is 57.8 Å². The maximum atomic E-state index is 13.8. The average Bonchev–Trinajstić information content (AvgIpc) is 2.81. The van der Waals surface area contributed by atoms with Crippen molar-refractivity contribution >= 4 is 17.3 Å². The highest BCUT2D eigenvalue weighted by atomic mass is 32.1. The molecule has 5 heteroatoms. The number of benzene rings is 1. The summed E-state index contributed by atoms with van der Waals surface area (Å²) in [5.74, 6) is -2.68. The Hall–Kier alpha value is -1.75. The third kappa shape index (κ3) is 2.66. The van der Waals surface area contributed by atoms with Gasteiger partial charge in [-0.1, -0.05) is 12.1 Å². The molecule has 0 aliphatic carbocycles. The van der Waals surface area contributed by atoms with Crippen LogP contribution in [0.1, 0.15) is 17.4 Å². The lowest BCUT2D eigenvalue weighted by Gasteiger charge is -2.25. The molecule has 0 amide bonds. The number of carbonyl (C=O) groups is 1. The summed E-state index contributed by atoms with van der Waals surface area (Å²) in [5.41, 5.74) is -1.42. The first-order valence-electron chi connectivity index (χ1n) is 5.65. The van der Waals surface area contributed by atoms with Crippen LogP contribution in [0.3, 0.4) is 0 Å². The van der Waals surface area contributed by atoms with Gasteiger partial charge in [-0.2, -0.15) is 0 Å². The van der Waals surface area contributed by atoms with E-state index >= 15 is 0 Å². The van der Waals surface area contributed by atoms with Gasteiger partial charge in [-0.15, -0.1) is 11.3 Å². The molecule has 0 fully saturated rings. The van der Waals surface area contributed by atoms with Gasteiger partial charge in [0.1, 0.15) is 11.6 Å². The molecule has 0 saturated heterocycles. The molecule has 0 spiro atoms. The van der Waals surface area contributed by atoms with Gasteiger partial charge in [-0.25, -0.2) is 8.78 Å². The number of hydrogen-bond acceptors (Lipinski definition) is 2. The van der Waals surface area contributed by atoms with Crippen molar-refractivity contribution in [3.63, 3.8) is 0 Å². The van der Waals surface area contributed by atoms with Gasteiger partial charge in [0, 0.05) is 22.9 Å². The van der Waals surface area contributed by atoms with Crippen molar-refractivity contribution in [3.8, 4) is 0 Å². The maximum absolute atomic E-state index is 13.8. The predicted molar refractivity (Wildman–Crippen MR) is 69.4 cm³/mol. The Labute approximate surface area is 113 Å². The number of carboxylic acid groups (broad SMARTS) is 1. The van der Waals surface area contributed by atoms with E-state index in [2.05, 4.69) is 0 Å². The molecular formula is C14H12F2O2S. The van der Waals surface area contributed by atoms with Crippen LogP contribution in [0.25, 0.3) is 0 Å². The quantitative estimate of drug-likeness (QED) is 0.930. The standard InChI is InChI=1S/C14H12F2O2S/c1-14(13(17)18,8-10-3-2-6-19-10)11-5-4-9(15)7-12(11)16/h2-7H,8H2,1H3,(H,17,18). The van der Waals surface area contributed by atoms with Crippen molar-refractivity contribution < 1.29 is 18.7 Å². The monoisotopic (exact) mass is 282 g/mol. The molecule has 2 rings (SSSR count). The second-order valence-electron chi connectivity index (χ2n) is 4.52. The zero-order chi connectivity index (χ0) is 14.0. The first kappa shape index (κ1) is 13.7. The minimum atomic E-state index is -1.41. The van der Waals surface area contributed by atoms with Gasteiger partial charge in [0.25, 0.3) is 0 Å². The molecule has 0 saturated carbocycles. The summed E-state index contributed by atoms with van der Waals surface area (Å²) in [7, 11) is 0. The van der Waals surface area contributed by atoms with Crippen molar-refractivity contribution in [2.24, 2.45) is 0 Å². The average molecular weight is 282 g/mol. The second-order valence-corrected chi connectivity index (χ2v) is 5.55. The molecule has 1 atom stereocenters. The fourth-order valence-electron chi connectivity index (χ4n) is 1.98. The summed E-state index contributed by atoms with van der Waals surface area (Å²) in [6, 6.07) is 6.60. The number of thiophene rings is 1. The predicted octanol–water partition coefficient (Wildman–Crippen LogP) is 3.61. The van der Waals surface area contributed by atoms with Crippen LogP contribution in [-0.2, 0) is 16.6 Å². The summed E-state index contributed by atoms with van der Waals surface area (Å²) < 4.78 is 26.8. The maximum Gasteiger partial charge on any atom is 0.314 e. The van der Waals surface area contributed by atoms with Crippen LogP contribution in [0.5, 0.6) is 0 Å². The van der Waals surface area contributed by atoms with Crippen LogP contribution in [-0.4, -0.2) is 11.1 Å². The molecule has 1 heterocycles. The number of rotatable bonds is 4. The first-order valence-corrected chi connectivity index (χ1v) is 6.53. The van der Waals surface area contributed by atoms with Gasteiger partial charge in [-0.3, -0.25) is 4.79 Å². The van der Waals surface area contributed by atoms with Crippen molar-refractivity contribution in [2.75, 3.05) is 0 Å². The Morgan fingerprint density at radius 1 is 1.37 bits per heavy atom. The van der Waals surface area contributed by atoms with E-state index < -0.39 is 23.0 Å². The van der Waals surface area contributed by atoms with Crippen LogP contribution in [0.15, 0.2) is 35.7 Å². The summed E-state index contributed by atoms with van der Waals surface area (Å²) >= 11 is 1.41. The van der Waals surface area contributed by atoms with Gasteiger partial charge in [0.05, 0.1) is 5.41 Å². The smallest absolute Gasteiger partial charge is 0.314 e. The number of aliphatic carboxylic acids is 1. The highest BCUT2D eigenvalue weighted by molar-refractivity contribution is 7.09. The molecule has 1 aromatic heterocycles. The van der Waals surface area contributed by atoms with Gasteiger partial charge < -0.3 is 5.11 Å². The lowest BCUT2D eigenvalue weighted by molar-refractivity contribution is -0.143. The van der Waals surface area contributed by atoms with E-state index in [0.717, 1.165) is 10.9 Å². The van der Waals surface area contributed by atoms with Crippen LogP contribution in [0, 0.1) is 11.6 Å². The summed E-state index contributed by atoms with van der Waals surface area (Å²) in [6.45, 7) is 1.45. The Bertz CT molecular complexity index is 595. The van der Waals surface area contributed by atoms with E-state index in [-0.39, 0.29) is 12.0 Å². The molecule has 100 valence electrons. The molecule has 0 aliphatic heterocycles. The van der Waals surface area contributed by atoms with Gasteiger partial charge in [0.15, 0.2) is 0 Å². The second kappa shape index (κ2) is 5.09. The SMILES string of the molecule is CC(Cc1cccs1)(C(=O)O)c1ccc(F)cc1F.